The van der Waals surface area contributed by atoms with Gasteiger partial charge in [-0.1, -0.05) is 13.3 Å². The molecule has 8 nitrogen and oxygen atoms in total. The molecule has 1 rings (SSSR count). The number of carbonyl (C=O) groups is 2. The van der Waals surface area contributed by atoms with Gasteiger partial charge in [0.2, 0.25) is 0 Å². The van der Waals surface area contributed by atoms with Crippen molar-refractivity contribution in [2.75, 3.05) is 12.3 Å². The molecule has 0 fully saturated rings. The van der Waals surface area contributed by atoms with E-state index in [9.17, 15) is 19.7 Å². The highest BCUT2D eigenvalue weighted by Crippen LogP contribution is 2.20. The minimum absolute atomic E-state index is 0.000598. The monoisotopic (exact) mass is 309 g/mol. The van der Waals surface area contributed by atoms with Crippen LogP contribution in [-0.2, 0) is 9.53 Å². The van der Waals surface area contributed by atoms with E-state index in [-0.39, 0.29) is 23.0 Å². The molecule has 1 amide bonds. The number of nitro groups is 1. The number of nitrogens with zero attached hydrogens (tertiary/aromatic N) is 1. The summed E-state index contributed by atoms with van der Waals surface area (Å²) in [6.45, 7) is 3.43. The summed E-state index contributed by atoms with van der Waals surface area (Å²) in [5, 5.41) is 13.3. The Morgan fingerprint density at radius 3 is 2.68 bits per heavy atom. The first-order chi connectivity index (χ1) is 10.3. The average Bonchev–Trinajstić information content (AvgIpc) is 2.44. The molecule has 0 spiro atoms. The van der Waals surface area contributed by atoms with E-state index < -0.39 is 23.4 Å². The second-order valence-corrected chi connectivity index (χ2v) is 4.86. The van der Waals surface area contributed by atoms with Gasteiger partial charge in [0.1, 0.15) is 0 Å². The molecular weight excluding hydrogens is 290 g/mol. The van der Waals surface area contributed by atoms with Gasteiger partial charge in [0, 0.05) is 18.2 Å². The molecule has 3 N–H and O–H groups in total. The summed E-state index contributed by atoms with van der Waals surface area (Å²) >= 11 is 0. The van der Waals surface area contributed by atoms with Crippen LogP contribution >= 0.6 is 0 Å². The first kappa shape index (κ1) is 17.4. The molecule has 1 aromatic rings. The lowest BCUT2D eigenvalue weighted by molar-refractivity contribution is -0.384. The van der Waals surface area contributed by atoms with Gasteiger partial charge in [0.15, 0.2) is 6.61 Å². The number of non-ortho nitro benzene ring substituents is 1. The molecule has 0 aliphatic rings. The molecule has 0 saturated carbocycles. The number of ether oxygens (including phenoxy) is 1. The lowest BCUT2D eigenvalue weighted by atomic mass is 10.1. The van der Waals surface area contributed by atoms with E-state index in [4.69, 9.17) is 10.5 Å². The van der Waals surface area contributed by atoms with Gasteiger partial charge < -0.3 is 15.8 Å². The Morgan fingerprint density at radius 2 is 2.14 bits per heavy atom. The van der Waals surface area contributed by atoms with E-state index in [2.05, 4.69) is 5.32 Å². The Labute approximate surface area is 127 Å². The molecule has 0 radical (unpaired) electrons. The van der Waals surface area contributed by atoms with Gasteiger partial charge in [-0.15, -0.1) is 0 Å². The zero-order chi connectivity index (χ0) is 16.7. The molecule has 22 heavy (non-hydrogen) atoms. The Hall–Kier alpha value is -2.64. The minimum atomic E-state index is -0.800. The Balaban J connectivity index is 2.59. The first-order valence-corrected chi connectivity index (χ1v) is 6.85. The highest BCUT2D eigenvalue weighted by molar-refractivity contribution is 5.96. The maximum atomic E-state index is 11.8. The van der Waals surface area contributed by atoms with Crippen LogP contribution in [0.15, 0.2) is 18.2 Å². The standard InChI is InChI=1S/C14H19N3O5/c1-3-4-9(2)16-13(18)8-22-14(19)11-6-5-10(17(20)21)7-12(11)15/h5-7,9H,3-4,8,15H2,1-2H3,(H,16,18)/t9-/m1/s1. The summed E-state index contributed by atoms with van der Waals surface area (Å²) in [6.07, 6.45) is 1.76. The predicted molar refractivity (Wildman–Crippen MR) is 80.3 cm³/mol. The second kappa shape index (κ2) is 7.96. The van der Waals surface area contributed by atoms with Crippen molar-refractivity contribution >= 4 is 23.3 Å². The van der Waals surface area contributed by atoms with Crippen LogP contribution < -0.4 is 11.1 Å². The van der Waals surface area contributed by atoms with Crippen LogP contribution in [0.2, 0.25) is 0 Å². The number of benzene rings is 1. The summed E-state index contributed by atoms with van der Waals surface area (Å²) in [7, 11) is 0. The smallest absolute Gasteiger partial charge is 0.340 e. The number of nitro benzene ring substituents is 1. The van der Waals surface area contributed by atoms with Crippen LogP contribution in [-0.4, -0.2) is 29.4 Å². The van der Waals surface area contributed by atoms with Crippen molar-refractivity contribution in [1.82, 2.24) is 5.32 Å². The molecule has 0 aromatic heterocycles. The van der Waals surface area contributed by atoms with Gasteiger partial charge in [-0.3, -0.25) is 14.9 Å². The van der Waals surface area contributed by atoms with Crippen LogP contribution in [0.5, 0.6) is 0 Å². The van der Waals surface area contributed by atoms with Crippen LogP contribution in [0.25, 0.3) is 0 Å². The number of nitrogens with one attached hydrogen (secondary N) is 1. The Morgan fingerprint density at radius 1 is 1.45 bits per heavy atom. The maximum Gasteiger partial charge on any atom is 0.340 e. The lowest BCUT2D eigenvalue weighted by Gasteiger charge is -2.13. The number of amides is 1. The van der Waals surface area contributed by atoms with E-state index in [1.807, 2.05) is 13.8 Å². The van der Waals surface area contributed by atoms with Crippen molar-refractivity contribution in [2.45, 2.75) is 32.7 Å². The fraction of sp³-hybridized carbons (Fsp3) is 0.429. The number of rotatable bonds is 7. The quantitative estimate of drug-likeness (QED) is 0.341. The van der Waals surface area contributed by atoms with E-state index in [0.29, 0.717) is 0 Å². The van der Waals surface area contributed by atoms with Crippen molar-refractivity contribution < 1.29 is 19.2 Å². The van der Waals surface area contributed by atoms with Crippen molar-refractivity contribution in [1.29, 1.82) is 0 Å². The van der Waals surface area contributed by atoms with E-state index in [0.717, 1.165) is 25.0 Å². The second-order valence-electron chi connectivity index (χ2n) is 4.86. The molecule has 0 aliphatic carbocycles. The average molecular weight is 309 g/mol. The number of hydrogen-bond acceptors (Lipinski definition) is 6. The summed E-state index contributed by atoms with van der Waals surface area (Å²) < 4.78 is 4.85. The predicted octanol–water partition coefficient (Wildman–Crippen LogP) is 1.64. The fourth-order valence-corrected chi connectivity index (χ4v) is 1.88. The van der Waals surface area contributed by atoms with E-state index in [1.54, 1.807) is 0 Å². The first-order valence-electron chi connectivity index (χ1n) is 6.85. The van der Waals surface area contributed by atoms with Gasteiger partial charge in [0.05, 0.1) is 16.2 Å². The zero-order valence-corrected chi connectivity index (χ0v) is 12.5. The molecule has 8 heteroatoms. The zero-order valence-electron chi connectivity index (χ0n) is 12.5. The highest BCUT2D eigenvalue weighted by Gasteiger charge is 2.17. The normalized spacial score (nSPS) is 11.5. The van der Waals surface area contributed by atoms with Crippen molar-refractivity contribution in [3.05, 3.63) is 33.9 Å². The highest BCUT2D eigenvalue weighted by atomic mass is 16.6. The summed E-state index contributed by atoms with van der Waals surface area (Å²) in [5.74, 6) is -1.21. The van der Waals surface area contributed by atoms with E-state index in [1.165, 1.54) is 6.07 Å². The summed E-state index contributed by atoms with van der Waals surface area (Å²) in [6, 6.07) is 3.42. The third-order valence-electron chi connectivity index (χ3n) is 2.93. The largest absolute Gasteiger partial charge is 0.452 e. The maximum absolute atomic E-state index is 11.8. The third-order valence-corrected chi connectivity index (χ3v) is 2.93. The van der Waals surface area contributed by atoms with Crippen molar-refractivity contribution in [3.63, 3.8) is 0 Å². The molecule has 0 bridgehead atoms. The SMILES string of the molecule is CCC[C@@H](C)NC(=O)COC(=O)c1ccc([N+](=O)[O-])cc1N. The van der Waals surface area contributed by atoms with Crippen molar-refractivity contribution in [2.24, 2.45) is 0 Å². The topological polar surface area (TPSA) is 125 Å². The fourth-order valence-electron chi connectivity index (χ4n) is 1.88. The van der Waals surface area contributed by atoms with Crippen LogP contribution in [0.3, 0.4) is 0 Å². The van der Waals surface area contributed by atoms with Gasteiger partial charge in [-0.05, 0) is 19.4 Å². The molecule has 1 aromatic carbocycles. The summed E-state index contributed by atoms with van der Waals surface area (Å²) in [4.78, 5) is 33.4. The number of hydrogen-bond donors (Lipinski definition) is 2. The molecule has 0 heterocycles. The Kier molecular flexibility index (Phi) is 6.30. The van der Waals surface area contributed by atoms with Crippen molar-refractivity contribution in [3.8, 4) is 0 Å². The third kappa shape index (κ3) is 5.04. The minimum Gasteiger partial charge on any atom is -0.452 e. The number of nitrogens with two attached hydrogens (primary N) is 1. The molecule has 0 aliphatic heterocycles. The van der Waals surface area contributed by atoms with Crippen LogP contribution in [0, 0.1) is 10.1 Å². The number of esters is 1. The lowest BCUT2D eigenvalue weighted by Crippen LogP contribution is -2.35. The molecule has 1 atom stereocenters. The van der Waals surface area contributed by atoms with Crippen LogP contribution in [0.4, 0.5) is 11.4 Å². The Bertz CT molecular complexity index is 574. The van der Waals surface area contributed by atoms with Gasteiger partial charge in [-0.2, -0.15) is 0 Å². The summed E-state index contributed by atoms with van der Waals surface area (Å²) in [5.41, 5.74) is 5.27. The number of carbonyl (C=O) groups excluding carboxylic acids is 2. The number of anilines is 1. The molecule has 120 valence electrons. The van der Waals surface area contributed by atoms with Gasteiger partial charge in [0.25, 0.3) is 11.6 Å². The van der Waals surface area contributed by atoms with E-state index >= 15 is 0 Å². The molecule has 0 saturated heterocycles. The van der Waals surface area contributed by atoms with Gasteiger partial charge >= 0.3 is 5.97 Å². The number of nitrogen functional groups attached to an aromatic ring is 1. The molecular formula is C14H19N3O5. The van der Waals surface area contributed by atoms with Gasteiger partial charge in [-0.25, -0.2) is 4.79 Å². The van der Waals surface area contributed by atoms with Crippen LogP contribution in [0.1, 0.15) is 37.0 Å². The molecule has 0 unspecified atom stereocenters.